The van der Waals surface area contributed by atoms with Crippen LogP contribution in [0.4, 0.5) is 0 Å². The fraction of sp³-hybridized carbons (Fsp3) is 0.200. The third-order valence-corrected chi connectivity index (χ3v) is 4.41. The van der Waals surface area contributed by atoms with Gasteiger partial charge in [-0.2, -0.15) is 0 Å². The second-order valence-electron chi connectivity index (χ2n) is 5.95. The lowest BCUT2D eigenvalue weighted by molar-refractivity contribution is 0.0475. The number of Topliss-reactive ketones (excluding diaryl/α,β-unsaturated/α-hetero) is 1. The van der Waals surface area contributed by atoms with Crippen molar-refractivity contribution < 1.29 is 19.1 Å². The summed E-state index contributed by atoms with van der Waals surface area (Å²) in [5.41, 5.74) is 3.56. The van der Waals surface area contributed by atoms with Crippen molar-refractivity contribution in [1.82, 2.24) is 9.97 Å². The lowest BCUT2D eigenvalue weighted by Crippen LogP contribution is -2.14. The predicted molar refractivity (Wildman–Crippen MR) is 102 cm³/mol. The number of carbonyl (C=O) groups excluding carboxylic acids is 2. The highest BCUT2D eigenvalue weighted by molar-refractivity contribution is 6.32. The van der Waals surface area contributed by atoms with Gasteiger partial charge in [0.15, 0.2) is 12.4 Å². The van der Waals surface area contributed by atoms with Crippen LogP contribution >= 0.6 is 11.6 Å². The summed E-state index contributed by atoms with van der Waals surface area (Å²) in [6, 6.07) is 9.54. The molecule has 0 radical (unpaired) electrons. The normalized spacial score (nSPS) is 10.7. The molecular formula is C20H17ClN2O4. The Morgan fingerprint density at radius 2 is 1.63 bits per heavy atom. The van der Waals surface area contributed by atoms with Crippen LogP contribution < -0.4 is 4.74 Å². The van der Waals surface area contributed by atoms with Gasteiger partial charge in [0.2, 0.25) is 0 Å². The van der Waals surface area contributed by atoms with Gasteiger partial charge in [-0.3, -0.25) is 4.79 Å². The van der Waals surface area contributed by atoms with E-state index in [1.807, 2.05) is 13.8 Å². The maximum Gasteiger partial charge on any atom is 0.338 e. The first-order valence-electron chi connectivity index (χ1n) is 8.18. The third kappa shape index (κ3) is 4.06. The molecule has 0 unspecified atom stereocenters. The van der Waals surface area contributed by atoms with Gasteiger partial charge in [0.25, 0.3) is 0 Å². The van der Waals surface area contributed by atoms with Gasteiger partial charge < -0.3 is 9.47 Å². The highest BCUT2D eigenvalue weighted by Crippen LogP contribution is 2.25. The van der Waals surface area contributed by atoms with Crippen LogP contribution in [0.25, 0.3) is 11.0 Å². The molecule has 2 aromatic carbocycles. The highest BCUT2D eigenvalue weighted by atomic mass is 35.5. The minimum absolute atomic E-state index is 0.306. The molecule has 0 amide bonds. The Morgan fingerprint density at radius 1 is 0.963 bits per heavy atom. The van der Waals surface area contributed by atoms with Crippen molar-refractivity contribution in [2.75, 3.05) is 13.7 Å². The van der Waals surface area contributed by atoms with Crippen LogP contribution in [0.15, 0.2) is 36.4 Å². The Morgan fingerprint density at radius 3 is 2.30 bits per heavy atom. The minimum atomic E-state index is -0.607. The van der Waals surface area contributed by atoms with Crippen molar-refractivity contribution in [2.24, 2.45) is 0 Å². The minimum Gasteiger partial charge on any atom is -0.495 e. The highest BCUT2D eigenvalue weighted by Gasteiger charge is 2.14. The van der Waals surface area contributed by atoms with Crippen LogP contribution in [0.5, 0.6) is 5.75 Å². The van der Waals surface area contributed by atoms with Crippen LogP contribution in [-0.4, -0.2) is 35.4 Å². The number of carbonyl (C=O) groups is 2. The molecule has 0 N–H and O–H groups in total. The van der Waals surface area contributed by atoms with Gasteiger partial charge in [-0.1, -0.05) is 11.6 Å². The van der Waals surface area contributed by atoms with E-state index in [-0.39, 0.29) is 5.78 Å². The molecule has 0 aliphatic carbocycles. The lowest BCUT2D eigenvalue weighted by Gasteiger charge is -2.08. The zero-order valence-electron chi connectivity index (χ0n) is 15.1. The van der Waals surface area contributed by atoms with Crippen LogP contribution in [-0.2, 0) is 4.74 Å². The van der Waals surface area contributed by atoms with Crippen LogP contribution in [0.1, 0.15) is 32.1 Å². The average Bonchev–Trinajstić information content (AvgIpc) is 2.66. The summed E-state index contributed by atoms with van der Waals surface area (Å²) < 4.78 is 10.2. The number of nitrogens with zero attached hydrogens (tertiary/aromatic N) is 2. The number of hydrogen-bond acceptors (Lipinski definition) is 6. The van der Waals surface area contributed by atoms with Crippen molar-refractivity contribution in [3.63, 3.8) is 0 Å². The fourth-order valence-corrected chi connectivity index (χ4v) is 2.75. The lowest BCUT2D eigenvalue weighted by atomic mass is 10.1. The monoisotopic (exact) mass is 384 g/mol. The molecule has 27 heavy (non-hydrogen) atoms. The van der Waals surface area contributed by atoms with E-state index in [0.717, 1.165) is 11.4 Å². The number of rotatable bonds is 5. The Kier molecular flexibility index (Phi) is 5.37. The summed E-state index contributed by atoms with van der Waals surface area (Å²) in [6.45, 7) is 3.34. The van der Waals surface area contributed by atoms with E-state index in [0.29, 0.717) is 32.9 Å². The molecule has 6 nitrogen and oxygen atoms in total. The van der Waals surface area contributed by atoms with Gasteiger partial charge in [0, 0.05) is 5.56 Å². The summed E-state index contributed by atoms with van der Waals surface area (Å²) in [7, 11) is 1.49. The van der Waals surface area contributed by atoms with E-state index in [9.17, 15) is 9.59 Å². The van der Waals surface area contributed by atoms with E-state index < -0.39 is 12.6 Å². The molecule has 1 aromatic heterocycles. The summed E-state index contributed by atoms with van der Waals surface area (Å²) in [5.74, 6) is -0.502. The third-order valence-electron chi connectivity index (χ3n) is 4.12. The van der Waals surface area contributed by atoms with Gasteiger partial charge in [0.1, 0.15) is 5.75 Å². The second-order valence-corrected chi connectivity index (χ2v) is 6.35. The standard InChI is InChI=1S/C20H17ClN2O4/c1-11-12(2)23-17-9-14(4-6-16(17)22-11)20(25)27-10-18(24)13-5-7-19(26-3)15(21)8-13/h4-9H,10H2,1-3H3. The number of aryl methyl sites for hydroxylation is 2. The second kappa shape index (κ2) is 7.72. The number of hydrogen-bond donors (Lipinski definition) is 0. The van der Waals surface area contributed by atoms with Crippen molar-refractivity contribution >= 4 is 34.4 Å². The zero-order chi connectivity index (χ0) is 19.6. The van der Waals surface area contributed by atoms with Gasteiger partial charge in [-0.05, 0) is 50.2 Å². The first-order chi connectivity index (χ1) is 12.9. The predicted octanol–water partition coefficient (Wildman–Crippen LogP) is 3.95. The molecular weight excluding hydrogens is 368 g/mol. The van der Waals surface area contributed by atoms with E-state index in [1.54, 1.807) is 30.3 Å². The number of halogens is 1. The molecule has 0 atom stereocenters. The van der Waals surface area contributed by atoms with Crippen LogP contribution in [0.2, 0.25) is 5.02 Å². The molecule has 3 rings (SSSR count). The SMILES string of the molecule is COc1ccc(C(=O)COC(=O)c2ccc3nc(C)c(C)nc3c2)cc1Cl. The van der Waals surface area contributed by atoms with E-state index in [2.05, 4.69) is 9.97 Å². The maximum atomic E-state index is 12.3. The van der Waals surface area contributed by atoms with Crippen molar-refractivity contribution in [2.45, 2.75) is 13.8 Å². The Hall–Kier alpha value is -2.99. The number of esters is 1. The van der Waals surface area contributed by atoms with Gasteiger partial charge in [-0.25, -0.2) is 14.8 Å². The van der Waals surface area contributed by atoms with Crippen LogP contribution in [0.3, 0.4) is 0 Å². The molecule has 0 spiro atoms. The fourth-order valence-electron chi connectivity index (χ4n) is 2.50. The summed E-state index contributed by atoms with van der Waals surface area (Å²) in [5, 5.41) is 0.313. The number of methoxy groups -OCH3 is 1. The molecule has 138 valence electrons. The molecule has 1 heterocycles. The summed E-state index contributed by atoms with van der Waals surface area (Å²) in [6.07, 6.45) is 0. The number of ether oxygens (including phenoxy) is 2. The molecule has 0 fully saturated rings. The van der Waals surface area contributed by atoms with Gasteiger partial charge >= 0.3 is 5.97 Å². The number of aromatic nitrogens is 2. The Bertz CT molecular complexity index is 1050. The molecule has 0 aliphatic rings. The largest absolute Gasteiger partial charge is 0.495 e. The Labute approximate surface area is 161 Å². The maximum absolute atomic E-state index is 12.3. The van der Waals surface area contributed by atoms with Gasteiger partial charge in [0.05, 0.1) is 40.1 Å². The number of ketones is 1. The zero-order valence-corrected chi connectivity index (χ0v) is 15.8. The van der Waals surface area contributed by atoms with E-state index in [1.165, 1.54) is 13.2 Å². The molecule has 7 heteroatoms. The first kappa shape index (κ1) is 18.8. The summed E-state index contributed by atoms with van der Waals surface area (Å²) in [4.78, 5) is 33.3. The van der Waals surface area contributed by atoms with Gasteiger partial charge in [-0.15, -0.1) is 0 Å². The van der Waals surface area contributed by atoms with Crippen LogP contribution in [0, 0.1) is 13.8 Å². The smallest absolute Gasteiger partial charge is 0.338 e. The number of benzene rings is 2. The summed E-state index contributed by atoms with van der Waals surface area (Å²) >= 11 is 6.01. The topological polar surface area (TPSA) is 78.4 Å². The molecule has 0 aliphatic heterocycles. The average molecular weight is 385 g/mol. The van der Waals surface area contributed by atoms with E-state index in [4.69, 9.17) is 21.1 Å². The molecule has 3 aromatic rings. The van der Waals surface area contributed by atoms with E-state index >= 15 is 0 Å². The first-order valence-corrected chi connectivity index (χ1v) is 8.55. The number of fused-ring (bicyclic) bond motifs is 1. The molecule has 0 saturated heterocycles. The van der Waals surface area contributed by atoms with Crippen molar-refractivity contribution in [3.05, 3.63) is 63.9 Å². The molecule has 0 bridgehead atoms. The van der Waals surface area contributed by atoms with Crippen molar-refractivity contribution in [1.29, 1.82) is 0 Å². The Balaban J connectivity index is 1.71. The van der Waals surface area contributed by atoms with Crippen molar-refractivity contribution in [3.8, 4) is 5.75 Å². The quantitative estimate of drug-likeness (QED) is 0.489. The molecule has 0 saturated carbocycles.